The second-order valence-corrected chi connectivity index (χ2v) is 6.78. The molecule has 0 aromatic carbocycles. The number of nitrogens with one attached hydrogen (secondary N) is 1. The molecule has 2 aromatic heterocycles. The van der Waals surface area contributed by atoms with E-state index in [1.807, 2.05) is 25.3 Å². The number of morpholine rings is 1. The smallest absolute Gasteiger partial charge is 0.227 e. The standard InChI is InChI=1S/C18H25N7O/c1-14-2-3-17(23-22-14)24-8-5-15(6-9-24)20-16-4-7-19-18(21-16)25-10-12-26-13-11-25/h2-4,7,15H,5-6,8-13H2,1H3,(H,19,20,21). The van der Waals surface area contributed by atoms with Gasteiger partial charge >= 0.3 is 0 Å². The van der Waals surface area contributed by atoms with Crippen LogP contribution >= 0.6 is 0 Å². The third-order valence-electron chi connectivity index (χ3n) is 4.89. The molecule has 2 aromatic rings. The molecule has 4 heterocycles. The number of hydrogen-bond acceptors (Lipinski definition) is 8. The molecular weight excluding hydrogens is 330 g/mol. The average molecular weight is 355 g/mol. The number of aromatic nitrogens is 4. The second kappa shape index (κ2) is 7.82. The van der Waals surface area contributed by atoms with Gasteiger partial charge in [0.1, 0.15) is 5.82 Å². The van der Waals surface area contributed by atoms with Gasteiger partial charge in [0.15, 0.2) is 5.82 Å². The minimum atomic E-state index is 0.414. The summed E-state index contributed by atoms with van der Waals surface area (Å²) in [6, 6.07) is 6.43. The van der Waals surface area contributed by atoms with Crippen LogP contribution in [0.5, 0.6) is 0 Å². The summed E-state index contributed by atoms with van der Waals surface area (Å²) in [6.07, 6.45) is 3.93. The lowest BCUT2D eigenvalue weighted by Crippen LogP contribution is -2.40. The first-order valence-corrected chi connectivity index (χ1v) is 9.25. The van der Waals surface area contributed by atoms with Crippen molar-refractivity contribution in [2.75, 3.05) is 54.5 Å². The molecule has 0 bridgehead atoms. The Hall–Kier alpha value is -2.48. The molecule has 138 valence electrons. The zero-order valence-electron chi connectivity index (χ0n) is 15.1. The monoisotopic (exact) mass is 355 g/mol. The van der Waals surface area contributed by atoms with Crippen LogP contribution in [0.3, 0.4) is 0 Å². The molecule has 0 spiro atoms. The van der Waals surface area contributed by atoms with Gasteiger partial charge in [0.2, 0.25) is 5.95 Å². The molecule has 4 rings (SSSR count). The number of hydrogen-bond donors (Lipinski definition) is 1. The highest BCUT2D eigenvalue weighted by Crippen LogP contribution is 2.20. The Balaban J connectivity index is 1.33. The first-order chi connectivity index (χ1) is 12.8. The number of aryl methyl sites for hydroxylation is 1. The Labute approximate surface area is 153 Å². The summed E-state index contributed by atoms with van der Waals surface area (Å²) in [4.78, 5) is 13.6. The first-order valence-electron chi connectivity index (χ1n) is 9.25. The fourth-order valence-corrected chi connectivity index (χ4v) is 3.37. The molecular formula is C18H25N7O. The van der Waals surface area contributed by atoms with Gasteiger partial charge in [-0.05, 0) is 38.0 Å². The summed E-state index contributed by atoms with van der Waals surface area (Å²) in [7, 11) is 0. The predicted molar refractivity (Wildman–Crippen MR) is 101 cm³/mol. The highest BCUT2D eigenvalue weighted by atomic mass is 16.5. The molecule has 0 saturated carbocycles. The number of ether oxygens (including phenoxy) is 1. The molecule has 2 saturated heterocycles. The molecule has 2 aliphatic heterocycles. The Morgan fingerprint density at radius 3 is 2.54 bits per heavy atom. The van der Waals surface area contributed by atoms with Gasteiger partial charge in [0, 0.05) is 38.4 Å². The van der Waals surface area contributed by atoms with Crippen LogP contribution < -0.4 is 15.1 Å². The van der Waals surface area contributed by atoms with E-state index in [1.165, 1.54) is 0 Å². The van der Waals surface area contributed by atoms with Crippen molar-refractivity contribution in [2.24, 2.45) is 0 Å². The summed E-state index contributed by atoms with van der Waals surface area (Å²) in [6.45, 7) is 7.06. The minimum Gasteiger partial charge on any atom is -0.378 e. The first kappa shape index (κ1) is 17.0. The summed E-state index contributed by atoms with van der Waals surface area (Å²) in [5.74, 6) is 2.64. The van der Waals surface area contributed by atoms with Gasteiger partial charge in [-0.25, -0.2) is 4.98 Å². The molecule has 2 fully saturated rings. The Kier molecular flexibility index (Phi) is 5.10. The van der Waals surface area contributed by atoms with Gasteiger partial charge in [-0.3, -0.25) is 0 Å². The summed E-state index contributed by atoms with van der Waals surface area (Å²) in [5.41, 5.74) is 0.949. The van der Waals surface area contributed by atoms with Crippen LogP contribution in [0.15, 0.2) is 24.4 Å². The molecule has 8 heteroatoms. The van der Waals surface area contributed by atoms with E-state index in [9.17, 15) is 0 Å². The molecule has 2 aliphatic rings. The van der Waals surface area contributed by atoms with E-state index >= 15 is 0 Å². The van der Waals surface area contributed by atoms with Crippen molar-refractivity contribution in [1.29, 1.82) is 0 Å². The van der Waals surface area contributed by atoms with E-state index in [2.05, 4.69) is 41.3 Å². The van der Waals surface area contributed by atoms with Crippen LogP contribution in [0.2, 0.25) is 0 Å². The van der Waals surface area contributed by atoms with E-state index in [0.29, 0.717) is 6.04 Å². The van der Waals surface area contributed by atoms with Crippen molar-refractivity contribution < 1.29 is 4.74 Å². The van der Waals surface area contributed by atoms with E-state index in [-0.39, 0.29) is 0 Å². The Bertz CT molecular complexity index is 710. The van der Waals surface area contributed by atoms with Crippen molar-refractivity contribution in [3.63, 3.8) is 0 Å². The van der Waals surface area contributed by atoms with Gasteiger partial charge in [-0.1, -0.05) is 0 Å². The minimum absolute atomic E-state index is 0.414. The average Bonchev–Trinajstić information content (AvgIpc) is 2.70. The van der Waals surface area contributed by atoms with Crippen LogP contribution in [-0.2, 0) is 4.74 Å². The van der Waals surface area contributed by atoms with Gasteiger partial charge in [0.05, 0.1) is 18.9 Å². The molecule has 1 N–H and O–H groups in total. The third-order valence-corrected chi connectivity index (χ3v) is 4.89. The number of nitrogens with zero attached hydrogens (tertiary/aromatic N) is 6. The molecule has 0 radical (unpaired) electrons. The van der Waals surface area contributed by atoms with Crippen LogP contribution in [0.25, 0.3) is 0 Å². The number of anilines is 3. The lowest BCUT2D eigenvalue weighted by atomic mass is 10.1. The van der Waals surface area contributed by atoms with Gasteiger partial charge in [0.25, 0.3) is 0 Å². The van der Waals surface area contributed by atoms with Crippen LogP contribution in [-0.4, -0.2) is 65.6 Å². The van der Waals surface area contributed by atoms with E-state index in [1.54, 1.807) is 0 Å². The van der Waals surface area contributed by atoms with Crippen molar-refractivity contribution in [3.8, 4) is 0 Å². The molecule has 0 atom stereocenters. The van der Waals surface area contributed by atoms with Crippen molar-refractivity contribution in [1.82, 2.24) is 20.2 Å². The molecule has 26 heavy (non-hydrogen) atoms. The predicted octanol–water partition coefficient (Wildman–Crippen LogP) is 1.49. The van der Waals surface area contributed by atoms with E-state index in [0.717, 1.165) is 75.5 Å². The Morgan fingerprint density at radius 2 is 1.81 bits per heavy atom. The van der Waals surface area contributed by atoms with Crippen LogP contribution in [0.4, 0.5) is 17.6 Å². The normalized spacial score (nSPS) is 18.8. The van der Waals surface area contributed by atoms with E-state index in [4.69, 9.17) is 4.74 Å². The zero-order chi connectivity index (χ0) is 17.8. The molecule has 8 nitrogen and oxygen atoms in total. The number of piperidine rings is 1. The number of rotatable bonds is 4. The van der Waals surface area contributed by atoms with Gasteiger partial charge in [-0.2, -0.15) is 10.1 Å². The Morgan fingerprint density at radius 1 is 1.00 bits per heavy atom. The van der Waals surface area contributed by atoms with Crippen LogP contribution in [0.1, 0.15) is 18.5 Å². The highest BCUT2D eigenvalue weighted by Gasteiger charge is 2.21. The quantitative estimate of drug-likeness (QED) is 0.884. The maximum atomic E-state index is 5.40. The lowest BCUT2D eigenvalue weighted by Gasteiger charge is -2.33. The van der Waals surface area contributed by atoms with Crippen molar-refractivity contribution in [3.05, 3.63) is 30.1 Å². The van der Waals surface area contributed by atoms with Crippen molar-refractivity contribution in [2.45, 2.75) is 25.8 Å². The third kappa shape index (κ3) is 4.01. The van der Waals surface area contributed by atoms with Crippen molar-refractivity contribution >= 4 is 17.6 Å². The molecule has 0 amide bonds. The fourth-order valence-electron chi connectivity index (χ4n) is 3.37. The van der Waals surface area contributed by atoms with E-state index < -0.39 is 0 Å². The molecule has 0 unspecified atom stereocenters. The van der Waals surface area contributed by atoms with Gasteiger partial charge < -0.3 is 19.9 Å². The largest absolute Gasteiger partial charge is 0.378 e. The lowest BCUT2D eigenvalue weighted by molar-refractivity contribution is 0.122. The van der Waals surface area contributed by atoms with Gasteiger partial charge in [-0.15, -0.1) is 5.10 Å². The maximum Gasteiger partial charge on any atom is 0.227 e. The molecule has 0 aliphatic carbocycles. The maximum absolute atomic E-state index is 5.40. The highest BCUT2D eigenvalue weighted by molar-refractivity contribution is 5.43. The summed E-state index contributed by atoms with van der Waals surface area (Å²) in [5, 5.41) is 12.0. The summed E-state index contributed by atoms with van der Waals surface area (Å²) >= 11 is 0. The SMILES string of the molecule is Cc1ccc(N2CCC(Nc3ccnc(N4CCOCC4)n3)CC2)nn1. The second-order valence-electron chi connectivity index (χ2n) is 6.78. The fraction of sp³-hybridized carbons (Fsp3) is 0.556. The zero-order valence-corrected chi connectivity index (χ0v) is 15.1. The topological polar surface area (TPSA) is 79.3 Å². The van der Waals surface area contributed by atoms with Crippen LogP contribution in [0, 0.1) is 6.92 Å². The summed E-state index contributed by atoms with van der Waals surface area (Å²) < 4.78 is 5.40.